The molecule has 0 aromatic heterocycles. The predicted molar refractivity (Wildman–Crippen MR) is 87.3 cm³/mol. The molecule has 1 saturated heterocycles. The number of amides is 1. The number of nitrogens with two attached hydrogens (primary N) is 1. The SMILES string of the molecule is NC(CC(=O)NCCCN1CCC(O)CC1)c1ccccc1. The van der Waals surface area contributed by atoms with E-state index in [0.717, 1.165) is 44.5 Å². The number of benzene rings is 1. The minimum absolute atomic E-state index is 0.00502. The Bertz CT molecular complexity index is 444. The summed E-state index contributed by atoms with van der Waals surface area (Å²) in [5.74, 6) is 0.00502. The smallest absolute Gasteiger partial charge is 0.221 e. The van der Waals surface area contributed by atoms with Crippen molar-refractivity contribution in [2.45, 2.75) is 37.8 Å². The highest BCUT2D eigenvalue weighted by Crippen LogP contribution is 2.13. The van der Waals surface area contributed by atoms with Gasteiger partial charge < -0.3 is 21.1 Å². The molecule has 1 amide bonds. The second-order valence-corrected chi connectivity index (χ2v) is 6.00. The molecule has 0 saturated carbocycles. The second kappa shape index (κ2) is 8.88. The van der Waals surface area contributed by atoms with Crippen molar-refractivity contribution in [3.05, 3.63) is 35.9 Å². The second-order valence-electron chi connectivity index (χ2n) is 6.00. The van der Waals surface area contributed by atoms with Crippen LogP contribution in [0.2, 0.25) is 0 Å². The van der Waals surface area contributed by atoms with E-state index in [1.54, 1.807) is 0 Å². The highest BCUT2D eigenvalue weighted by molar-refractivity contribution is 5.76. The van der Waals surface area contributed by atoms with E-state index in [4.69, 9.17) is 5.73 Å². The summed E-state index contributed by atoms with van der Waals surface area (Å²) in [6.45, 7) is 3.55. The molecule has 0 aliphatic carbocycles. The summed E-state index contributed by atoms with van der Waals surface area (Å²) in [5.41, 5.74) is 7.03. The molecule has 1 aromatic carbocycles. The van der Waals surface area contributed by atoms with E-state index in [9.17, 15) is 9.90 Å². The molecule has 4 N–H and O–H groups in total. The quantitative estimate of drug-likeness (QED) is 0.658. The van der Waals surface area contributed by atoms with E-state index in [1.807, 2.05) is 30.3 Å². The number of carbonyl (C=O) groups excluding carboxylic acids is 1. The molecule has 1 unspecified atom stereocenters. The van der Waals surface area contributed by atoms with Crippen LogP contribution in [0.1, 0.15) is 37.3 Å². The first-order valence-corrected chi connectivity index (χ1v) is 8.13. The number of likely N-dealkylation sites (tertiary alicyclic amines) is 1. The number of piperidine rings is 1. The van der Waals surface area contributed by atoms with Crippen LogP contribution in [0, 0.1) is 0 Å². The lowest BCUT2D eigenvalue weighted by Gasteiger charge is -2.29. The average molecular weight is 305 g/mol. The first-order chi connectivity index (χ1) is 10.6. The van der Waals surface area contributed by atoms with Gasteiger partial charge >= 0.3 is 0 Å². The number of rotatable bonds is 7. The maximum absolute atomic E-state index is 11.9. The third kappa shape index (κ3) is 5.75. The van der Waals surface area contributed by atoms with Gasteiger partial charge in [-0.15, -0.1) is 0 Å². The normalized spacial score (nSPS) is 18.1. The van der Waals surface area contributed by atoms with Crippen LogP contribution in [-0.4, -0.2) is 48.2 Å². The van der Waals surface area contributed by atoms with E-state index < -0.39 is 0 Å². The van der Waals surface area contributed by atoms with Gasteiger partial charge in [0.15, 0.2) is 0 Å². The van der Waals surface area contributed by atoms with E-state index in [-0.39, 0.29) is 18.1 Å². The van der Waals surface area contributed by atoms with Gasteiger partial charge in [-0.05, 0) is 31.4 Å². The van der Waals surface area contributed by atoms with Crippen LogP contribution in [0.4, 0.5) is 0 Å². The number of hydrogen-bond donors (Lipinski definition) is 3. The summed E-state index contributed by atoms with van der Waals surface area (Å²) in [7, 11) is 0. The minimum atomic E-state index is -0.246. The van der Waals surface area contributed by atoms with Gasteiger partial charge in [0.1, 0.15) is 0 Å². The van der Waals surface area contributed by atoms with Crippen molar-refractivity contribution in [1.29, 1.82) is 0 Å². The average Bonchev–Trinajstić information content (AvgIpc) is 2.54. The molecule has 122 valence electrons. The third-order valence-electron chi connectivity index (χ3n) is 4.16. The first kappa shape index (κ1) is 16.9. The Balaban J connectivity index is 1.58. The van der Waals surface area contributed by atoms with Crippen LogP contribution < -0.4 is 11.1 Å². The van der Waals surface area contributed by atoms with Gasteiger partial charge in [-0.2, -0.15) is 0 Å². The van der Waals surface area contributed by atoms with Crippen LogP contribution in [0.5, 0.6) is 0 Å². The molecular weight excluding hydrogens is 278 g/mol. The highest BCUT2D eigenvalue weighted by atomic mass is 16.3. The summed E-state index contributed by atoms with van der Waals surface area (Å²) in [4.78, 5) is 14.2. The van der Waals surface area contributed by atoms with E-state index >= 15 is 0 Å². The number of carbonyl (C=O) groups is 1. The number of nitrogens with one attached hydrogen (secondary N) is 1. The van der Waals surface area contributed by atoms with Gasteiger partial charge in [0.25, 0.3) is 0 Å². The molecule has 1 aliphatic rings. The van der Waals surface area contributed by atoms with Crippen molar-refractivity contribution < 1.29 is 9.90 Å². The molecule has 0 bridgehead atoms. The topological polar surface area (TPSA) is 78.6 Å². The molecular formula is C17H27N3O2. The van der Waals surface area contributed by atoms with Gasteiger partial charge in [0.05, 0.1) is 6.10 Å². The predicted octanol–water partition coefficient (Wildman–Crippen LogP) is 1.04. The molecule has 1 fully saturated rings. The molecule has 22 heavy (non-hydrogen) atoms. The zero-order chi connectivity index (χ0) is 15.8. The first-order valence-electron chi connectivity index (χ1n) is 8.13. The molecule has 2 rings (SSSR count). The number of aliphatic hydroxyl groups is 1. The Morgan fingerprint density at radius 1 is 1.32 bits per heavy atom. The van der Waals surface area contributed by atoms with Gasteiger partial charge in [-0.25, -0.2) is 0 Å². The minimum Gasteiger partial charge on any atom is -0.393 e. The molecule has 1 heterocycles. The van der Waals surface area contributed by atoms with Crippen molar-refractivity contribution in [1.82, 2.24) is 10.2 Å². The lowest BCUT2D eigenvalue weighted by molar-refractivity contribution is -0.121. The zero-order valence-corrected chi connectivity index (χ0v) is 13.1. The highest BCUT2D eigenvalue weighted by Gasteiger charge is 2.16. The van der Waals surface area contributed by atoms with Gasteiger partial charge in [0.2, 0.25) is 5.91 Å². The zero-order valence-electron chi connectivity index (χ0n) is 13.1. The Kier molecular flexibility index (Phi) is 6.83. The Morgan fingerprint density at radius 2 is 2.00 bits per heavy atom. The van der Waals surface area contributed by atoms with Crippen LogP contribution in [0.15, 0.2) is 30.3 Å². The van der Waals surface area contributed by atoms with E-state index in [0.29, 0.717) is 13.0 Å². The largest absolute Gasteiger partial charge is 0.393 e. The van der Waals surface area contributed by atoms with Crippen molar-refractivity contribution in [2.75, 3.05) is 26.2 Å². The van der Waals surface area contributed by atoms with Crippen LogP contribution in [-0.2, 0) is 4.79 Å². The number of nitrogens with zero attached hydrogens (tertiary/aromatic N) is 1. The number of hydrogen-bond acceptors (Lipinski definition) is 4. The molecule has 0 radical (unpaired) electrons. The van der Waals surface area contributed by atoms with Crippen molar-refractivity contribution in [2.24, 2.45) is 5.73 Å². The summed E-state index contributed by atoms with van der Waals surface area (Å²) in [6.07, 6.45) is 2.84. The molecule has 1 atom stereocenters. The Morgan fingerprint density at radius 3 is 2.68 bits per heavy atom. The van der Waals surface area contributed by atoms with Crippen molar-refractivity contribution in [3.8, 4) is 0 Å². The van der Waals surface area contributed by atoms with Crippen molar-refractivity contribution >= 4 is 5.91 Å². The summed E-state index contributed by atoms with van der Waals surface area (Å²) in [6, 6.07) is 9.46. The fourth-order valence-electron chi connectivity index (χ4n) is 2.76. The number of aliphatic hydroxyl groups excluding tert-OH is 1. The fourth-order valence-corrected chi connectivity index (χ4v) is 2.76. The van der Waals surface area contributed by atoms with Gasteiger partial charge in [-0.3, -0.25) is 4.79 Å². The molecule has 1 aliphatic heterocycles. The molecule has 5 nitrogen and oxygen atoms in total. The van der Waals surface area contributed by atoms with E-state index in [2.05, 4.69) is 10.2 Å². The van der Waals surface area contributed by atoms with Crippen LogP contribution in [0.25, 0.3) is 0 Å². The summed E-state index contributed by atoms with van der Waals surface area (Å²) >= 11 is 0. The Hall–Kier alpha value is -1.43. The molecule has 1 aromatic rings. The van der Waals surface area contributed by atoms with Crippen molar-refractivity contribution in [3.63, 3.8) is 0 Å². The standard InChI is InChI=1S/C17H27N3O2/c18-16(14-5-2-1-3-6-14)13-17(22)19-9-4-10-20-11-7-15(21)8-12-20/h1-3,5-6,15-16,21H,4,7-13,18H2,(H,19,22). The van der Waals surface area contributed by atoms with Gasteiger partial charge in [0, 0.05) is 32.1 Å². The maximum atomic E-state index is 11.9. The van der Waals surface area contributed by atoms with Crippen LogP contribution >= 0.6 is 0 Å². The lowest BCUT2D eigenvalue weighted by Crippen LogP contribution is -2.37. The third-order valence-corrected chi connectivity index (χ3v) is 4.16. The molecule has 5 heteroatoms. The molecule has 0 spiro atoms. The lowest BCUT2D eigenvalue weighted by atomic mass is 10.0. The summed E-state index contributed by atoms with van der Waals surface area (Å²) < 4.78 is 0. The van der Waals surface area contributed by atoms with Gasteiger partial charge in [-0.1, -0.05) is 30.3 Å². The van der Waals surface area contributed by atoms with E-state index in [1.165, 1.54) is 0 Å². The Labute approximate surface area is 132 Å². The maximum Gasteiger partial charge on any atom is 0.221 e. The van der Waals surface area contributed by atoms with Crippen LogP contribution in [0.3, 0.4) is 0 Å². The monoisotopic (exact) mass is 305 g/mol. The fraction of sp³-hybridized carbons (Fsp3) is 0.588. The summed E-state index contributed by atoms with van der Waals surface area (Å²) in [5, 5.41) is 12.4.